The van der Waals surface area contributed by atoms with Crippen LogP contribution in [-0.2, 0) is 0 Å². The zero-order valence-electron chi connectivity index (χ0n) is 16.1. The Balaban J connectivity index is 2.05. The predicted octanol–water partition coefficient (Wildman–Crippen LogP) is 5.02. The molecule has 0 radical (unpaired) electrons. The van der Waals surface area contributed by atoms with Gasteiger partial charge in [0, 0.05) is 5.56 Å². The zero-order chi connectivity index (χ0) is 19.9. The average Bonchev–Trinajstić information content (AvgIpc) is 2.74. The van der Waals surface area contributed by atoms with Crippen LogP contribution in [0.3, 0.4) is 0 Å². The molecule has 0 spiro atoms. The first-order chi connectivity index (χ1) is 13.6. The largest absolute Gasteiger partial charge is 0.495 e. The van der Waals surface area contributed by atoms with Crippen LogP contribution in [0.15, 0.2) is 77.8 Å². The van der Waals surface area contributed by atoms with Crippen molar-refractivity contribution in [3.63, 3.8) is 0 Å². The van der Waals surface area contributed by atoms with Crippen LogP contribution in [0, 0.1) is 6.92 Å². The number of hydrogen-bond donors (Lipinski definition) is 0. The molecule has 0 bridgehead atoms. The van der Waals surface area contributed by atoms with E-state index in [-0.39, 0.29) is 5.91 Å². The number of aryl methyl sites for hydroxylation is 1. The second-order valence-corrected chi connectivity index (χ2v) is 6.13. The summed E-state index contributed by atoms with van der Waals surface area (Å²) >= 11 is 0. The van der Waals surface area contributed by atoms with Crippen LogP contribution in [-0.4, -0.2) is 26.5 Å². The topological polar surface area (TPSA) is 51.1 Å². The van der Waals surface area contributed by atoms with Crippen molar-refractivity contribution >= 4 is 23.6 Å². The highest BCUT2D eigenvalue weighted by Crippen LogP contribution is 2.30. The Kier molecular flexibility index (Phi) is 6.07. The molecule has 28 heavy (non-hydrogen) atoms. The Morgan fingerprint density at radius 2 is 1.46 bits per heavy atom. The molecule has 5 nitrogen and oxygen atoms in total. The summed E-state index contributed by atoms with van der Waals surface area (Å²) in [7, 11) is 3.16. The average molecular weight is 374 g/mol. The number of ether oxygens (including phenoxy) is 2. The molecule has 0 atom stereocenters. The van der Waals surface area contributed by atoms with E-state index in [0.717, 1.165) is 5.56 Å². The smallest absolute Gasteiger partial charge is 0.263 e. The van der Waals surface area contributed by atoms with Crippen LogP contribution >= 0.6 is 0 Å². The van der Waals surface area contributed by atoms with E-state index in [0.29, 0.717) is 28.4 Å². The molecule has 0 aromatic heterocycles. The van der Waals surface area contributed by atoms with E-state index in [2.05, 4.69) is 4.99 Å². The third-order valence-electron chi connectivity index (χ3n) is 4.26. The molecule has 1 amide bonds. The number of nitrogens with zero attached hydrogens (tertiary/aromatic N) is 2. The summed E-state index contributed by atoms with van der Waals surface area (Å²) in [5, 5.41) is 0. The van der Waals surface area contributed by atoms with Gasteiger partial charge in [0.2, 0.25) is 0 Å². The molecule has 0 unspecified atom stereocenters. The molecule has 0 aliphatic heterocycles. The van der Waals surface area contributed by atoms with Gasteiger partial charge in [-0.1, -0.05) is 42.0 Å². The highest BCUT2D eigenvalue weighted by Gasteiger charge is 2.19. The van der Waals surface area contributed by atoms with Crippen LogP contribution in [0.1, 0.15) is 15.9 Å². The van der Waals surface area contributed by atoms with E-state index in [9.17, 15) is 4.79 Å². The summed E-state index contributed by atoms with van der Waals surface area (Å²) in [5.74, 6) is 0.999. The number of amides is 1. The maximum Gasteiger partial charge on any atom is 0.263 e. The van der Waals surface area contributed by atoms with Crippen molar-refractivity contribution in [1.29, 1.82) is 0 Å². The van der Waals surface area contributed by atoms with Gasteiger partial charge in [-0.2, -0.15) is 0 Å². The second-order valence-electron chi connectivity index (χ2n) is 6.13. The van der Waals surface area contributed by atoms with Gasteiger partial charge >= 0.3 is 0 Å². The van der Waals surface area contributed by atoms with Crippen molar-refractivity contribution in [3.05, 3.63) is 83.9 Å². The summed E-state index contributed by atoms with van der Waals surface area (Å²) < 4.78 is 10.8. The van der Waals surface area contributed by atoms with E-state index in [1.165, 1.54) is 11.2 Å². The van der Waals surface area contributed by atoms with Crippen LogP contribution in [0.25, 0.3) is 0 Å². The SMILES string of the molecule is COc1ccccc1N=CN(C(=O)c1ccc(C)cc1)c1ccccc1OC. The van der Waals surface area contributed by atoms with Gasteiger partial charge < -0.3 is 9.47 Å². The van der Waals surface area contributed by atoms with E-state index in [1.807, 2.05) is 67.6 Å². The van der Waals surface area contributed by atoms with Gasteiger partial charge in [-0.25, -0.2) is 4.99 Å². The van der Waals surface area contributed by atoms with Gasteiger partial charge in [0.15, 0.2) is 0 Å². The number of rotatable bonds is 6. The van der Waals surface area contributed by atoms with Crippen LogP contribution in [0.4, 0.5) is 11.4 Å². The fourth-order valence-electron chi connectivity index (χ4n) is 2.74. The van der Waals surface area contributed by atoms with Crippen LogP contribution < -0.4 is 14.4 Å². The molecule has 0 saturated heterocycles. The third kappa shape index (κ3) is 4.20. The standard InChI is InChI=1S/C23H22N2O3/c1-17-12-14-18(15-13-17)23(26)25(20-9-5-7-11-22(20)28-3)16-24-19-8-4-6-10-21(19)27-2/h4-16H,1-3H3. The number of carbonyl (C=O) groups excluding carboxylic acids is 1. The Morgan fingerprint density at radius 3 is 2.14 bits per heavy atom. The number of carbonyl (C=O) groups is 1. The van der Waals surface area contributed by atoms with Crippen molar-refractivity contribution in [3.8, 4) is 11.5 Å². The normalized spacial score (nSPS) is 10.7. The second kappa shape index (κ2) is 8.86. The molecule has 0 saturated carbocycles. The molecule has 142 valence electrons. The molecule has 0 aliphatic rings. The first kappa shape index (κ1) is 19.2. The number of methoxy groups -OCH3 is 2. The van der Waals surface area contributed by atoms with Crippen molar-refractivity contribution in [2.75, 3.05) is 19.1 Å². The van der Waals surface area contributed by atoms with E-state index >= 15 is 0 Å². The lowest BCUT2D eigenvalue weighted by molar-refractivity contribution is 0.100. The maximum atomic E-state index is 13.2. The van der Waals surface area contributed by atoms with E-state index in [4.69, 9.17) is 9.47 Å². The number of hydrogen-bond acceptors (Lipinski definition) is 4. The monoisotopic (exact) mass is 374 g/mol. The summed E-state index contributed by atoms with van der Waals surface area (Å²) in [6.07, 6.45) is 1.50. The Hall–Kier alpha value is -3.60. The lowest BCUT2D eigenvalue weighted by atomic mass is 10.1. The van der Waals surface area contributed by atoms with Gasteiger partial charge in [-0.15, -0.1) is 0 Å². The molecular weight excluding hydrogens is 352 g/mol. The number of anilines is 1. The van der Waals surface area contributed by atoms with Gasteiger partial charge in [0.05, 0.1) is 19.9 Å². The summed E-state index contributed by atoms with van der Waals surface area (Å²) in [6, 6.07) is 22.1. The molecule has 3 aromatic rings. The maximum absolute atomic E-state index is 13.2. The zero-order valence-corrected chi connectivity index (χ0v) is 16.1. The minimum absolute atomic E-state index is 0.205. The Labute approximate surface area is 164 Å². The lowest BCUT2D eigenvalue weighted by Crippen LogP contribution is -2.29. The number of benzene rings is 3. The molecule has 0 N–H and O–H groups in total. The quantitative estimate of drug-likeness (QED) is 0.450. The van der Waals surface area contributed by atoms with E-state index in [1.54, 1.807) is 26.4 Å². The molecule has 3 aromatic carbocycles. The number of aliphatic imine (C=N–C) groups is 1. The van der Waals surface area contributed by atoms with E-state index < -0.39 is 0 Å². The van der Waals surface area contributed by atoms with Gasteiger partial charge in [-0.05, 0) is 43.3 Å². The third-order valence-corrected chi connectivity index (χ3v) is 4.26. The molecular formula is C23H22N2O3. The van der Waals surface area contributed by atoms with Crippen molar-refractivity contribution in [1.82, 2.24) is 0 Å². The van der Waals surface area contributed by atoms with Crippen molar-refractivity contribution < 1.29 is 14.3 Å². The molecule has 0 fully saturated rings. The van der Waals surface area contributed by atoms with Gasteiger partial charge in [-0.3, -0.25) is 9.69 Å². The molecule has 0 heterocycles. The fraction of sp³-hybridized carbons (Fsp3) is 0.130. The molecule has 0 aliphatic carbocycles. The summed E-state index contributed by atoms with van der Waals surface area (Å²) in [6.45, 7) is 1.98. The minimum atomic E-state index is -0.205. The highest BCUT2D eigenvalue weighted by molar-refractivity contribution is 6.17. The molecule has 5 heteroatoms. The number of para-hydroxylation sites is 4. The van der Waals surface area contributed by atoms with Crippen molar-refractivity contribution in [2.45, 2.75) is 6.92 Å². The fourth-order valence-corrected chi connectivity index (χ4v) is 2.74. The Bertz CT molecular complexity index is 981. The summed E-state index contributed by atoms with van der Waals surface area (Å²) in [4.78, 5) is 19.2. The van der Waals surface area contributed by atoms with Crippen LogP contribution in [0.2, 0.25) is 0 Å². The minimum Gasteiger partial charge on any atom is -0.495 e. The predicted molar refractivity (Wildman–Crippen MR) is 112 cm³/mol. The first-order valence-corrected chi connectivity index (χ1v) is 8.84. The van der Waals surface area contributed by atoms with Gasteiger partial charge in [0.1, 0.15) is 23.5 Å². The molecule has 3 rings (SSSR count). The van der Waals surface area contributed by atoms with Gasteiger partial charge in [0.25, 0.3) is 5.91 Å². The van der Waals surface area contributed by atoms with Crippen molar-refractivity contribution in [2.24, 2.45) is 4.99 Å². The first-order valence-electron chi connectivity index (χ1n) is 8.84. The Morgan fingerprint density at radius 1 is 0.857 bits per heavy atom. The lowest BCUT2D eigenvalue weighted by Gasteiger charge is -2.20. The van der Waals surface area contributed by atoms with Crippen LogP contribution in [0.5, 0.6) is 11.5 Å². The summed E-state index contributed by atoms with van der Waals surface area (Å²) in [5.41, 5.74) is 2.88. The highest BCUT2D eigenvalue weighted by atomic mass is 16.5.